The maximum Gasteiger partial charge on any atom is 0.146 e. The van der Waals surface area contributed by atoms with Gasteiger partial charge in [0.25, 0.3) is 0 Å². The summed E-state index contributed by atoms with van der Waals surface area (Å²) in [7, 11) is 1.94. The fourth-order valence-corrected chi connectivity index (χ4v) is 2.09. The van der Waals surface area contributed by atoms with E-state index < -0.39 is 0 Å². The van der Waals surface area contributed by atoms with Gasteiger partial charge in [-0.05, 0) is 24.5 Å². The molecule has 0 aliphatic heterocycles. The summed E-state index contributed by atoms with van der Waals surface area (Å²) in [5.41, 5.74) is 2.39. The zero-order valence-electron chi connectivity index (χ0n) is 12.3. The van der Waals surface area contributed by atoms with E-state index in [1.165, 1.54) is 5.56 Å². The Kier molecular flexibility index (Phi) is 4.87. The van der Waals surface area contributed by atoms with E-state index in [2.05, 4.69) is 46.7 Å². The van der Waals surface area contributed by atoms with Gasteiger partial charge in [0.2, 0.25) is 0 Å². The van der Waals surface area contributed by atoms with Gasteiger partial charge in [-0.15, -0.1) is 10.2 Å². The summed E-state index contributed by atoms with van der Waals surface area (Å²) in [5.74, 6) is 1.75. The van der Waals surface area contributed by atoms with Crippen molar-refractivity contribution in [2.45, 2.75) is 32.9 Å². The first kappa shape index (κ1) is 14.7. The average molecular weight is 274 g/mol. The standard InChI is InChI=1S/C15H22N4O/c1-4-12-5-7-13(8-6-12)14(10-20)16-9-15-18-17-11(2)19(15)3/h5-8,14,16,20H,4,9-10H2,1-3H3/t14-/m1/s1. The quantitative estimate of drug-likeness (QED) is 0.838. The SMILES string of the molecule is CCc1ccc([C@@H](CO)NCc2nnc(C)n2C)cc1. The molecule has 108 valence electrons. The summed E-state index contributed by atoms with van der Waals surface area (Å²) in [4.78, 5) is 0. The second kappa shape index (κ2) is 6.63. The third-order valence-electron chi connectivity index (χ3n) is 3.66. The number of benzene rings is 1. The molecule has 0 aliphatic carbocycles. The largest absolute Gasteiger partial charge is 0.394 e. The van der Waals surface area contributed by atoms with Crippen LogP contribution in [0.2, 0.25) is 0 Å². The molecular weight excluding hydrogens is 252 g/mol. The summed E-state index contributed by atoms with van der Waals surface area (Å²) in [6, 6.07) is 8.25. The van der Waals surface area contributed by atoms with Crippen LogP contribution in [0.1, 0.15) is 35.7 Å². The highest BCUT2D eigenvalue weighted by Crippen LogP contribution is 2.14. The van der Waals surface area contributed by atoms with E-state index in [4.69, 9.17) is 0 Å². The Morgan fingerprint density at radius 2 is 1.95 bits per heavy atom. The monoisotopic (exact) mass is 274 g/mol. The van der Waals surface area contributed by atoms with Crippen molar-refractivity contribution in [1.82, 2.24) is 20.1 Å². The summed E-state index contributed by atoms with van der Waals surface area (Å²) >= 11 is 0. The molecule has 0 spiro atoms. The molecule has 0 unspecified atom stereocenters. The normalized spacial score (nSPS) is 12.6. The molecule has 1 aromatic carbocycles. The van der Waals surface area contributed by atoms with Gasteiger partial charge < -0.3 is 15.0 Å². The summed E-state index contributed by atoms with van der Waals surface area (Å²) < 4.78 is 1.95. The van der Waals surface area contributed by atoms with E-state index in [0.29, 0.717) is 6.54 Å². The van der Waals surface area contributed by atoms with Gasteiger partial charge in [0.15, 0.2) is 0 Å². The Balaban J connectivity index is 2.03. The minimum absolute atomic E-state index is 0.0578. The molecule has 2 N–H and O–H groups in total. The number of aliphatic hydroxyl groups excluding tert-OH is 1. The van der Waals surface area contributed by atoms with Gasteiger partial charge in [-0.2, -0.15) is 0 Å². The van der Waals surface area contributed by atoms with Crippen LogP contribution in [0.4, 0.5) is 0 Å². The first-order valence-corrected chi connectivity index (χ1v) is 6.93. The van der Waals surface area contributed by atoms with Gasteiger partial charge in [-0.25, -0.2) is 0 Å². The number of nitrogens with one attached hydrogen (secondary N) is 1. The molecule has 5 nitrogen and oxygen atoms in total. The molecule has 1 heterocycles. The van der Waals surface area contributed by atoms with Gasteiger partial charge >= 0.3 is 0 Å². The zero-order chi connectivity index (χ0) is 14.5. The fraction of sp³-hybridized carbons (Fsp3) is 0.467. The van der Waals surface area contributed by atoms with Crippen molar-refractivity contribution in [2.75, 3.05) is 6.61 Å². The number of hydrogen-bond donors (Lipinski definition) is 2. The molecule has 20 heavy (non-hydrogen) atoms. The maximum absolute atomic E-state index is 9.55. The molecule has 1 atom stereocenters. The number of aryl methyl sites for hydroxylation is 2. The second-order valence-electron chi connectivity index (χ2n) is 4.93. The van der Waals surface area contributed by atoms with Gasteiger partial charge in [0.05, 0.1) is 19.2 Å². The lowest BCUT2D eigenvalue weighted by Gasteiger charge is -2.16. The summed E-state index contributed by atoms with van der Waals surface area (Å²) in [6.07, 6.45) is 1.02. The van der Waals surface area contributed by atoms with E-state index in [9.17, 15) is 5.11 Å². The van der Waals surface area contributed by atoms with Gasteiger partial charge in [0, 0.05) is 7.05 Å². The number of hydrogen-bond acceptors (Lipinski definition) is 4. The Bertz CT molecular complexity index is 548. The first-order valence-electron chi connectivity index (χ1n) is 6.93. The van der Waals surface area contributed by atoms with Crippen LogP contribution >= 0.6 is 0 Å². The third-order valence-corrected chi connectivity index (χ3v) is 3.66. The van der Waals surface area contributed by atoms with Crippen LogP contribution < -0.4 is 5.32 Å². The molecule has 0 bridgehead atoms. The minimum atomic E-state index is -0.0853. The molecular formula is C15H22N4O. The number of rotatable bonds is 6. The minimum Gasteiger partial charge on any atom is -0.394 e. The van der Waals surface area contributed by atoms with Crippen molar-refractivity contribution >= 4 is 0 Å². The molecule has 5 heteroatoms. The number of nitrogens with zero attached hydrogens (tertiary/aromatic N) is 3. The molecule has 0 radical (unpaired) electrons. The average Bonchev–Trinajstić information content (AvgIpc) is 2.80. The molecule has 1 aromatic heterocycles. The highest BCUT2D eigenvalue weighted by molar-refractivity contribution is 5.25. The lowest BCUT2D eigenvalue weighted by Crippen LogP contribution is -2.25. The van der Waals surface area contributed by atoms with Gasteiger partial charge in [-0.1, -0.05) is 31.2 Å². The van der Waals surface area contributed by atoms with E-state index in [0.717, 1.165) is 23.6 Å². The maximum atomic E-state index is 9.55. The zero-order valence-corrected chi connectivity index (χ0v) is 12.3. The van der Waals surface area contributed by atoms with Crippen LogP contribution in [0.15, 0.2) is 24.3 Å². The predicted molar refractivity (Wildman–Crippen MR) is 78.2 cm³/mol. The fourth-order valence-electron chi connectivity index (χ4n) is 2.09. The highest BCUT2D eigenvalue weighted by Gasteiger charge is 2.12. The van der Waals surface area contributed by atoms with E-state index >= 15 is 0 Å². The van der Waals surface area contributed by atoms with Gasteiger partial charge in [0.1, 0.15) is 11.6 Å². The Labute approximate surface area is 119 Å². The number of aliphatic hydroxyl groups is 1. The van der Waals surface area contributed by atoms with Crippen molar-refractivity contribution in [3.63, 3.8) is 0 Å². The van der Waals surface area contributed by atoms with Gasteiger partial charge in [-0.3, -0.25) is 0 Å². The summed E-state index contributed by atoms with van der Waals surface area (Å²) in [5, 5.41) is 21.0. The highest BCUT2D eigenvalue weighted by atomic mass is 16.3. The molecule has 0 aliphatic rings. The van der Waals surface area contributed by atoms with Crippen LogP contribution in [0.25, 0.3) is 0 Å². The molecule has 0 saturated carbocycles. The topological polar surface area (TPSA) is 63.0 Å². The Morgan fingerprint density at radius 1 is 1.25 bits per heavy atom. The van der Waals surface area contributed by atoms with Crippen molar-refractivity contribution < 1.29 is 5.11 Å². The third kappa shape index (κ3) is 3.23. The van der Waals surface area contributed by atoms with E-state index in [1.807, 2.05) is 18.5 Å². The molecule has 2 rings (SSSR count). The van der Waals surface area contributed by atoms with Crippen LogP contribution in [0.5, 0.6) is 0 Å². The Morgan fingerprint density at radius 3 is 2.45 bits per heavy atom. The van der Waals surface area contributed by atoms with Crippen LogP contribution in [0.3, 0.4) is 0 Å². The van der Waals surface area contributed by atoms with Crippen LogP contribution in [-0.4, -0.2) is 26.5 Å². The predicted octanol–water partition coefficient (Wildman–Crippen LogP) is 1.51. The Hall–Kier alpha value is -1.72. The smallest absolute Gasteiger partial charge is 0.146 e. The number of aromatic nitrogens is 3. The molecule has 2 aromatic rings. The van der Waals surface area contributed by atoms with Crippen molar-refractivity contribution in [2.24, 2.45) is 7.05 Å². The van der Waals surface area contributed by atoms with Crippen LogP contribution in [-0.2, 0) is 20.0 Å². The van der Waals surface area contributed by atoms with Crippen LogP contribution in [0, 0.1) is 6.92 Å². The van der Waals surface area contributed by atoms with Crippen molar-refractivity contribution in [3.8, 4) is 0 Å². The van der Waals surface area contributed by atoms with Crippen molar-refractivity contribution in [1.29, 1.82) is 0 Å². The van der Waals surface area contributed by atoms with E-state index in [1.54, 1.807) is 0 Å². The second-order valence-corrected chi connectivity index (χ2v) is 4.93. The first-order chi connectivity index (χ1) is 9.65. The van der Waals surface area contributed by atoms with Crippen molar-refractivity contribution in [3.05, 3.63) is 47.0 Å². The summed E-state index contributed by atoms with van der Waals surface area (Å²) in [6.45, 7) is 4.69. The van der Waals surface area contributed by atoms with E-state index in [-0.39, 0.29) is 12.6 Å². The molecule has 0 saturated heterocycles. The molecule has 0 amide bonds. The lowest BCUT2D eigenvalue weighted by molar-refractivity contribution is 0.242. The lowest BCUT2D eigenvalue weighted by atomic mass is 10.0. The molecule has 0 fully saturated rings.